The van der Waals surface area contributed by atoms with E-state index in [9.17, 15) is 14.7 Å². The van der Waals surface area contributed by atoms with Gasteiger partial charge in [0.1, 0.15) is 11.8 Å². The van der Waals surface area contributed by atoms with E-state index in [0.29, 0.717) is 42.6 Å². The number of hydrogen-bond donors (Lipinski definition) is 3. The average Bonchev–Trinajstić information content (AvgIpc) is 2.98. The molecule has 1 fully saturated rings. The number of carbonyl (C=O) groups is 2. The summed E-state index contributed by atoms with van der Waals surface area (Å²) in [4.78, 5) is 30.0. The summed E-state index contributed by atoms with van der Waals surface area (Å²) in [6.07, 6.45) is 0.111. The third kappa shape index (κ3) is 8.14. The summed E-state index contributed by atoms with van der Waals surface area (Å²) in [6.45, 7) is 2.29. The van der Waals surface area contributed by atoms with Crippen LogP contribution in [0.5, 0.6) is 5.75 Å². The first-order valence-corrected chi connectivity index (χ1v) is 14.4. The quantitative estimate of drug-likeness (QED) is 0.308. The van der Waals surface area contributed by atoms with Crippen molar-refractivity contribution in [1.82, 2.24) is 10.2 Å². The molecule has 1 heterocycles. The highest BCUT2D eigenvalue weighted by molar-refractivity contribution is 6.35. The Kier molecular flexibility index (Phi) is 10.9. The van der Waals surface area contributed by atoms with Crippen LogP contribution in [0.4, 0.5) is 5.69 Å². The Bertz CT molecular complexity index is 1350. The van der Waals surface area contributed by atoms with Gasteiger partial charge in [0.15, 0.2) is 0 Å². The van der Waals surface area contributed by atoms with Gasteiger partial charge in [-0.25, -0.2) is 0 Å². The molecule has 41 heavy (non-hydrogen) atoms. The molecule has 3 aromatic rings. The van der Waals surface area contributed by atoms with E-state index in [1.165, 1.54) is 0 Å². The van der Waals surface area contributed by atoms with Gasteiger partial charge in [0.05, 0.1) is 13.2 Å². The molecule has 0 spiro atoms. The van der Waals surface area contributed by atoms with E-state index in [-0.39, 0.29) is 31.2 Å². The smallest absolute Gasteiger partial charge is 0.245 e. The lowest BCUT2D eigenvalue weighted by atomic mass is 9.98. The fourth-order valence-corrected chi connectivity index (χ4v) is 5.57. The van der Waals surface area contributed by atoms with Crippen LogP contribution in [-0.4, -0.2) is 67.7 Å². The molecule has 1 unspecified atom stereocenters. The number of amides is 2. The van der Waals surface area contributed by atoms with Gasteiger partial charge in [-0.05, 0) is 41.5 Å². The molecule has 1 aliphatic rings. The summed E-state index contributed by atoms with van der Waals surface area (Å²) in [5, 5.41) is 15.0. The normalized spacial score (nSPS) is 14.9. The molecule has 10 heteroatoms. The molecular formula is C31H36Cl2N4O4. The molecule has 1 aliphatic heterocycles. The number of nitrogens with two attached hydrogens (primary N) is 1. The molecule has 0 saturated carbocycles. The Morgan fingerprint density at radius 3 is 2.46 bits per heavy atom. The zero-order valence-corrected chi connectivity index (χ0v) is 24.6. The Morgan fingerprint density at radius 1 is 1.00 bits per heavy atom. The Balaban J connectivity index is 1.44. The molecule has 2 amide bonds. The summed E-state index contributed by atoms with van der Waals surface area (Å²) in [5.41, 5.74) is 9.03. The molecule has 0 radical (unpaired) electrons. The molecule has 218 valence electrons. The van der Waals surface area contributed by atoms with Crippen LogP contribution in [-0.2, 0) is 22.4 Å². The van der Waals surface area contributed by atoms with Crippen LogP contribution < -0.4 is 20.7 Å². The van der Waals surface area contributed by atoms with E-state index < -0.39 is 12.1 Å². The van der Waals surface area contributed by atoms with Crippen LogP contribution >= 0.6 is 23.2 Å². The molecule has 8 nitrogen and oxygen atoms in total. The minimum atomic E-state index is -0.781. The van der Waals surface area contributed by atoms with Gasteiger partial charge in [0, 0.05) is 73.3 Å². The maximum Gasteiger partial charge on any atom is 0.245 e. The van der Waals surface area contributed by atoms with Crippen LogP contribution in [0.25, 0.3) is 0 Å². The molecule has 0 bridgehead atoms. The third-order valence-corrected chi connectivity index (χ3v) is 7.82. The molecule has 1 saturated heterocycles. The maximum atomic E-state index is 13.6. The zero-order valence-electron chi connectivity index (χ0n) is 23.1. The van der Waals surface area contributed by atoms with E-state index in [4.69, 9.17) is 33.7 Å². The first-order valence-electron chi connectivity index (χ1n) is 13.7. The van der Waals surface area contributed by atoms with Crippen molar-refractivity contribution in [3.05, 3.63) is 93.5 Å². The predicted molar refractivity (Wildman–Crippen MR) is 163 cm³/mol. The van der Waals surface area contributed by atoms with Gasteiger partial charge in [-0.1, -0.05) is 59.6 Å². The van der Waals surface area contributed by atoms with Crippen molar-refractivity contribution in [2.45, 2.75) is 31.4 Å². The van der Waals surface area contributed by atoms with Crippen LogP contribution in [0, 0.1) is 0 Å². The van der Waals surface area contributed by atoms with Crippen LogP contribution in [0.1, 0.15) is 29.2 Å². The average molecular weight is 600 g/mol. The van der Waals surface area contributed by atoms with E-state index >= 15 is 0 Å². The Labute approximate surface area is 251 Å². The fraction of sp³-hybridized carbons (Fsp3) is 0.355. The summed E-state index contributed by atoms with van der Waals surface area (Å²) in [7, 11) is 1.62. The van der Waals surface area contributed by atoms with E-state index in [1.54, 1.807) is 30.2 Å². The van der Waals surface area contributed by atoms with E-state index in [0.717, 1.165) is 28.1 Å². The first-order chi connectivity index (χ1) is 19.8. The highest BCUT2D eigenvalue weighted by Crippen LogP contribution is 2.30. The number of ether oxygens (including phenoxy) is 1. The number of nitrogens with zero attached hydrogens (tertiary/aromatic N) is 2. The van der Waals surface area contributed by atoms with Crippen molar-refractivity contribution in [1.29, 1.82) is 0 Å². The minimum Gasteiger partial charge on any atom is -0.497 e. The molecule has 4 N–H and O–H groups in total. The highest BCUT2D eigenvalue weighted by atomic mass is 35.5. The number of rotatable bonds is 11. The molecule has 4 rings (SSSR count). The number of piperazine rings is 1. The van der Waals surface area contributed by atoms with Crippen LogP contribution in [0.15, 0.2) is 66.7 Å². The lowest BCUT2D eigenvalue weighted by molar-refractivity contribution is -0.136. The largest absolute Gasteiger partial charge is 0.497 e. The number of methoxy groups -OCH3 is 1. The van der Waals surface area contributed by atoms with Crippen molar-refractivity contribution in [3.8, 4) is 5.75 Å². The Hall–Kier alpha value is -3.30. The number of aliphatic hydroxyl groups excluding tert-OH is 1. The summed E-state index contributed by atoms with van der Waals surface area (Å²) < 4.78 is 5.32. The zero-order chi connectivity index (χ0) is 29.4. The predicted octanol–water partition coefficient (Wildman–Crippen LogP) is 4.00. The second-order valence-corrected chi connectivity index (χ2v) is 10.9. The second-order valence-electron chi connectivity index (χ2n) is 10.0. The number of nitrogens with one attached hydrogen (secondary N) is 1. The van der Waals surface area contributed by atoms with Crippen molar-refractivity contribution >= 4 is 40.7 Å². The van der Waals surface area contributed by atoms with Crippen LogP contribution in [0.2, 0.25) is 10.0 Å². The van der Waals surface area contributed by atoms with E-state index in [2.05, 4.69) is 10.2 Å². The molecule has 0 aliphatic carbocycles. The number of benzene rings is 3. The van der Waals surface area contributed by atoms with Crippen LogP contribution in [0.3, 0.4) is 0 Å². The number of halogens is 2. The fourth-order valence-electron chi connectivity index (χ4n) is 5.08. The molecule has 2 atom stereocenters. The molecular weight excluding hydrogens is 563 g/mol. The maximum absolute atomic E-state index is 13.6. The van der Waals surface area contributed by atoms with Gasteiger partial charge in [0.25, 0.3) is 0 Å². The van der Waals surface area contributed by atoms with Gasteiger partial charge in [-0.2, -0.15) is 0 Å². The van der Waals surface area contributed by atoms with Crippen molar-refractivity contribution in [2.75, 3.05) is 44.7 Å². The summed E-state index contributed by atoms with van der Waals surface area (Å²) in [6, 6.07) is 19.8. The minimum absolute atomic E-state index is 0.126. The molecule has 3 aromatic carbocycles. The summed E-state index contributed by atoms with van der Waals surface area (Å²) in [5.74, 6) is 0.292. The van der Waals surface area contributed by atoms with Gasteiger partial charge >= 0.3 is 0 Å². The number of anilines is 1. The standard InChI is InChI=1S/C31H36Cl2N4O4/c1-41-24-6-4-5-21(17-24)18-29(38)25-7-2-3-8-28(25)36-13-15-37(16-14-36)31(40)27(35-30(39)11-12-34)19-22-9-10-23(32)20-26(22)33/h2-10,17,20,27,29,38H,11-16,18-19,34H2,1H3,(H,35,39)/t27-,29?/m1/s1. The van der Waals surface area contributed by atoms with Crippen molar-refractivity contribution in [2.24, 2.45) is 5.73 Å². The third-order valence-electron chi connectivity index (χ3n) is 7.23. The van der Waals surface area contributed by atoms with Gasteiger partial charge < -0.3 is 30.7 Å². The monoisotopic (exact) mass is 598 g/mol. The number of aliphatic hydroxyl groups is 1. The van der Waals surface area contributed by atoms with Gasteiger partial charge in [0.2, 0.25) is 11.8 Å². The number of hydrogen-bond acceptors (Lipinski definition) is 6. The van der Waals surface area contributed by atoms with Gasteiger partial charge in [-0.3, -0.25) is 9.59 Å². The highest BCUT2D eigenvalue weighted by Gasteiger charge is 2.30. The topological polar surface area (TPSA) is 108 Å². The van der Waals surface area contributed by atoms with E-state index in [1.807, 2.05) is 48.5 Å². The lowest BCUT2D eigenvalue weighted by Crippen LogP contribution is -2.56. The Morgan fingerprint density at radius 2 is 1.76 bits per heavy atom. The lowest BCUT2D eigenvalue weighted by Gasteiger charge is -2.39. The summed E-state index contributed by atoms with van der Waals surface area (Å²) >= 11 is 12.4. The van der Waals surface area contributed by atoms with Crippen molar-refractivity contribution in [3.63, 3.8) is 0 Å². The van der Waals surface area contributed by atoms with Gasteiger partial charge in [-0.15, -0.1) is 0 Å². The second kappa shape index (κ2) is 14.5. The molecule has 0 aromatic heterocycles. The first kappa shape index (κ1) is 30.7. The SMILES string of the molecule is COc1cccc(CC(O)c2ccccc2N2CCN(C(=O)[C@@H](Cc3ccc(Cl)cc3Cl)NC(=O)CCN)CC2)c1. The van der Waals surface area contributed by atoms with Crippen molar-refractivity contribution < 1.29 is 19.4 Å². The number of para-hydroxylation sites is 1. The number of carbonyl (C=O) groups excluding carboxylic acids is 2.